The van der Waals surface area contributed by atoms with E-state index in [0.717, 1.165) is 24.8 Å². The van der Waals surface area contributed by atoms with Crippen molar-refractivity contribution < 1.29 is 9.26 Å². The van der Waals surface area contributed by atoms with E-state index in [1.165, 1.54) is 5.56 Å². The lowest BCUT2D eigenvalue weighted by molar-refractivity contribution is 0.0409. The molecular formula is C16H22ClN3O2. The third kappa shape index (κ3) is 3.16. The lowest BCUT2D eigenvalue weighted by Gasteiger charge is -2.32. The number of nitrogens with two attached hydrogens (primary N) is 1. The number of benzene rings is 1. The summed E-state index contributed by atoms with van der Waals surface area (Å²) in [4.78, 5) is 4.59. The molecule has 0 radical (unpaired) electrons. The molecule has 2 aromatic rings. The minimum Gasteiger partial charge on any atom is -0.381 e. The molecule has 0 unspecified atom stereocenters. The molecule has 1 aromatic heterocycles. The minimum atomic E-state index is -0.229. The first-order valence-electron chi connectivity index (χ1n) is 7.49. The molecule has 2 N–H and O–H groups in total. The number of rotatable bonds is 4. The Kier molecular flexibility index (Phi) is 5.56. The maximum absolute atomic E-state index is 5.97. The highest BCUT2D eigenvalue weighted by molar-refractivity contribution is 5.85. The standard InChI is InChI=1S/C16H21N3O2.ClH/c1-2-12-3-5-13(6-4-12)14-18-15(21-19-14)16(11-17)7-9-20-10-8-16;/h3-6H,2,7-11,17H2,1H3;1H. The second-order valence-electron chi connectivity index (χ2n) is 5.57. The van der Waals surface area contributed by atoms with Gasteiger partial charge in [-0.05, 0) is 24.8 Å². The van der Waals surface area contributed by atoms with Crippen molar-refractivity contribution in [2.45, 2.75) is 31.6 Å². The predicted molar refractivity (Wildman–Crippen MR) is 87.1 cm³/mol. The summed E-state index contributed by atoms with van der Waals surface area (Å²) in [6.45, 7) is 4.03. The van der Waals surface area contributed by atoms with Gasteiger partial charge >= 0.3 is 0 Å². The molecule has 3 rings (SSSR count). The van der Waals surface area contributed by atoms with Gasteiger partial charge in [-0.15, -0.1) is 12.4 Å². The zero-order valence-electron chi connectivity index (χ0n) is 12.7. The molecule has 0 amide bonds. The normalized spacial score (nSPS) is 17.0. The van der Waals surface area contributed by atoms with Gasteiger partial charge in [0, 0.05) is 25.3 Å². The molecule has 1 saturated heterocycles. The molecule has 1 aliphatic heterocycles. The average molecular weight is 324 g/mol. The molecule has 1 fully saturated rings. The first kappa shape index (κ1) is 16.9. The molecule has 0 spiro atoms. The topological polar surface area (TPSA) is 74.2 Å². The van der Waals surface area contributed by atoms with Crippen molar-refractivity contribution in [2.24, 2.45) is 5.73 Å². The summed E-state index contributed by atoms with van der Waals surface area (Å²) >= 11 is 0. The van der Waals surface area contributed by atoms with Crippen LogP contribution in [0.4, 0.5) is 0 Å². The van der Waals surface area contributed by atoms with Crippen molar-refractivity contribution in [1.82, 2.24) is 10.1 Å². The van der Waals surface area contributed by atoms with Crippen molar-refractivity contribution in [3.8, 4) is 11.4 Å². The van der Waals surface area contributed by atoms with Crippen LogP contribution < -0.4 is 5.73 Å². The highest BCUT2D eigenvalue weighted by Crippen LogP contribution is 2.33. The van der Waals surface area contributed by atoms with Crippen LogP contribution in [0.1, 0.15) is 31.2 Å². The third-order valence-electron chi connectivity index (χ3n) is 4.34. The molecule has 1 aliphatic rings. The first-order chi connectivity index (χ1) is 10.3. The highest BCUT2D eigenvalue weighted by atomic mass is 35.5. The quantitative estimate of drug-likeness (QED) is 0.936. The van der Waals surface area contributed by atoms with Crippen LogP contribution in [0.2, 0.25) is 0 Å². The Morgan fingerprint density at radius 3 is 2.45 bits per heavy atom. The van der Waals surface area contributed by atoms with E-state index >= 15 is 0 Å². The Hall–Kier alpha value is -1.43. The lowest BCUT2D eigenvalue weighted by Crippen LogP contribution is -2.40. The van der Waals surface area contributed by atoms with Gasteiger partial charge in [-0.3, -0.25) is 0 Å². The Morgan fingerprint density at radius 2 is 1.86 bits per heavy atom. The zero-order valence-corrected chi connectivity index (χ0v) is 13.6. The zero-order chi connectivity index (χ0) is 14.7. The van der Waals surface area contributed by atoms with Gasteiger partial charge in [0.05, 0.1) is 5.41 Å². The van der Waals surface area contributed by atoms with Gasteiger partial charge in [0.25, 0.3) is 0 Å². The second kappa shape index (κ2) is 7.22. The van der Waals surface area contributed by atoms with Crippen LogP contribution in [0.15, 0.2) is 28.8 Å². The van der Waals surface area contributed by atoms with E-state index in [1.54, 1.807) is 0 Å². The number of hydrogen-bond donors (Lipinski definition) is 1. The lowest BCUT2D eigenvalue weighted by atomic mass is 9.80. The Labute approximate surface area is 136 Å². The van der Waals surface area contributed by atoms with E-state index in [0.29, 0.717) is 31.5 Å². The minimum absolute atomic E-state index is 0. The van der Waals surface area contributed by atoms with E-state index in [1.807, 2.05) is 12.1 Å². The molecule has 5 nitrogen and oxygen atoms in total. The number of ether oxygens (including phenoxy) is 1. The maximum Gasteiger partial charge on any atom is 0.234 e. The van der Waals surface area contributed by atoms with Gasteiger partial charge in [0.15, 0.2) is 0 Å². The number of aryl methyl sites for hydroxylation is 1. The van der Waals surface area contributed by atoms with Crippen LogP contribution >= 0.6 is 12.4 Å². The molecule has 6 heteroatoms. The van der Waals surface area contributed by atoms with E-state index in [-0.39, 0.29) is 17.8 Å². The summed E-state index contributed by atoms with van der Waals surface area (Å²) in [5.41, 5.74) is 8.01. The number of hydrogen-bond acceptors (Lipinski definition) is 5. The Balaban J connectivity index is 0.00000176. The summed E-state index contributed by atoms with van der Waals surface area (Å²) in [6.07, 6.45) is 2.69. The molecule has 22 heavy (non-hydrogen) atoms. The van der Waals surface area contributed by atoms with E-state index in [4.69, 9.17) is 15.0 Å². The fourth-order valence-corrected chi connectivity index (χ4v) is 2.71. The largest absolute Gasteiger partial charge is 0.381 e. The molecule has 0 atom stereocenters. The molecule has 0 saturated carbocycles. The van der Waals surface area contributed by atoms with Gasteiger partial charge in [-0.1, -0.05) is 36.3 Å². The van der Waals surface area contributed by atoms with Crippen molar-refractivity contribution in [2.75, 3.05) is 19.8 Å². The van der Waals surface area contributed by atoms with Crippen LogP contribution in [-0.2, 0) is 16.6 Å². The third-order valence-corrected chi connectivity index (χ3v) is 4.34. The monoisotopic (exact) mass is 323 g/mol. The van der Waals surface area contributed by atoms with Gasteiger partial charge in [-0.2, -0.15) is 4.98 Å². The van der Waals surface area contributed by atoms with Crippen molar-refractivity contribution in [1.29, 1.82) is 0 Å². The molecular weight excluding hydrogens is 302 g/mol. The number of aromatic nitrogens is 2. The van der Waals surface area contributed by atoms with Crippen LogP contribution in [-0.4, -0.2) is 29.9 Å². The summed E-state index contributed by atoms with van der Waals surface area (Å²) in [6, 6.07) is 8.26. The second-order valence-corrected chi connectivity index (χ2v) is 5.57. The van der Waals surface area contributed by atoms with E-state index in [9.17, 15) is 0 Å². The fourth-order valence-electron chi connectivity index (χ4n) is 2.71. The molecule has 120 valence electrons. The van der Waals surface area contributed by atoms with Crippen LogP contribution in [0.3, 0.4) is 0 Å². The summed E-state index contributed by atoms with van der Waals surface area (Å²) in [5, 5.41) is 4.13. The van der Waals surface area contributed by atoms with Gasteiger partial charge in [0.2, 0.25) is 11.7 Å². The van der Waals surface area contributed by atoms with Gasteiger partial charge < -0.3 is 15.0 Å². The summed E-state index contributed by atoms with van der Waals surface area (Å²) < 4.78 is 10.9. The molecule has 1 aromatic carbocycles. The number of halogens is 1. The SMILES string of the molecule is CCc1ccc(-c2noc(C3(CN)CCOCC3)n2)cc1.Cl. The van der Waals surface area contributed by atoms with E-state index in [2.05, 4.69) is 29.2 Å². The van der Waals surface area contributed by atoms with Crippen molar-refractivity contribution in [3.63, 3.8) is 0 Å². The molecule has 0 aliphatic carbocycles. The van der Waals surface area contributed by atoms with Gasteiger partial charge in [-0.25, -0.2) is 0 Å². The van der Waals surface area contributed by atoms with E-state index < -0.39 is 0 Å². The van der Waals surface area contributed by atoms with Crippen LogP contribution in [0, 0.1) is 0 Å². The fraction of sp³-hybridized carbons (Fsp3) is 0.500. The summed E-state index contributed by atoms with van der Waals surface area (Å²) in [5.74, 6) is 1.27. The number of nitrogens with zero attached hydrogens (tertiary/aromatic N) is 2. The van der Waals surface area contributed by atoms with Crippen molar-refractivity contribution >= 4 is 12.4 Å². The Morgan fingerprint density at radius 1 is 1.18 bits per heavy atom. The molecule has 0 bridgehead atoms. The Bertz CT molecular complexity index is 592. The first-order valence-corrected chi connectivity index (χ1v) is 7.49. The molecule has 2 heterocycles. The maximum atomic E-state index is 5.97. The van der Waals surface area contributed by atoms with Crippen LogP contribution in [0.25, 0.3) is 11.4 Å². The highest BCUT2D eigenvalue weighted by Gasteiger charge is 2.38. The van der Waals surface area contributed by atoms with Gasteiger partial charge in [0.1, 0.15) is 0 Å². The predicted octanol–water partition coefficient (Wildman–Crippen LogP) is 2.73. The average Bonchev–Trinajstić information content (AvgIpc) is 3.06. The van der Waals surface area contributed by atoms with Crippen molar-refractivity contribution in [3.05, 3.63) is 35.7 Å². The summed E-state index contributed by atoms with van der Waals surface area (Å²) in [7, 11) is 0. The van der Waals surface area contributed by atoms with Crippen LogP contribution in [0.5, 0.6) is 0 Å². The smallest absolute Gasteiger partial charge is 0.234 e.